The molecule has 0 aliphatic carbocycles. The predicted octanol–water partition coefficient (Wildman–Crippen LogP) is 0.227. The zero-order valence-electron chi connectivity index (χ0n) is 8.10. The lowest BCUT2D eigenvalue weighted by atomic mass is 10.4. The van der Waals surface area contributed by atoms with Crippen molar-refractivity contribution < 1.29 is 16.8 Å². The van der Waals surface area contributed by atoms with Crippen LogP contribution in [0.5, 0.6) is 0 Å². The Morgan fingerprint density at radius 3 is 1.79 bits per heavy atom. The molecule has 0 aromatic heterocycles. The molecule has 0 spiro atoms. The predicted molar refractivity (Wildman–Crippen MR) is 56.3 cm³/mol. The van der Waals surface area contributed by atoms with Crippen molar-refractivity contribution in [2.45, 2.75) is 12.8 Å². The highest BCUT2D eigenvalue weighted by Gasteiger charge is 2.13. The topological polar surface area (TPSA) is 71.5 Å². The number of rotatable bonds is 6. The molecule has 0 rings (SSSR count). The van der Waals surface area contributed by atoms with E-state index in [0.717, 1.165) is 4.31 Å². The van der Waals surface area contributed by atoms with Crippen LogP contribution >= 0.6 is 10.7 Å². The van der Waals surface area contributed by atoms with E-state index in [-0.39, 0.29) is 17.9 Å². The van der Waals surface area contributed by atoms with Gasteiger partial charge in [0.1, 0.15) is 0 Å². The van der Waals surface area contributed by atoms with Crippen LogP contribution in [0.4, 0.5) is 0 Å². The van der Waals surface area contributed by atoms with Gasteiger partial charge in [-0.15, -0.1) is 0 Å². The van der Waals surface area contributed by atoms with Crippen LogP contribution in [0, 0.1) is 0 Å². The number of hydrogen-bond donors (Lipinski definition) is 0. The molecule has 0 amide bonds. The summed E-state index contributed by atoms with van der Waals surface area (Å²) in [5.74, 6) is -0.232. The third kappa shape index (κ3) is 6.58. The third-order valence-corrected chi connectivity index (χ3v) is 4.75. The van der Waals surface area contributed by atoms with Gasteiger partial charge in [0.15, 0.2) is 0 Å². The number of nitrogens with zero attached hydrogens (tertiary/aromatic N) is 1. The highest BCUT2D eigenvalue weighted by atomic mass is 35.7. The first-order valence-electron chi connectivity index (χ1n) is 3.98. The maximum atomic E-state index is 11.2. The molecular formula is C6H14ClNO4S2. The first-order valence-corrected chi connectivity index (χ1v) is 8.06. The fourth-order valence-electron chi connectivity index (χ4n) is 0.742. The van der Waals surface area contributed by atoms with Crippen LogP contribution in [-0.2, 0) is 19.1 Å². The molecule has 0 fully saturated rings. The van der Waals surface area contributed by atoms with E-state index in [1.54, 1.807) is 0 Å². The first-order chi connectivity index (χ1) is 6.15. The summed E-state index contributed by atoms with van der Waals surface area (Å²) in [6.45, 7) is 0. The Balaban J connectivity index is 3.88. The first kappa shape index (κ1) is 14.2. The van der Waals surface area contributed by atoms with Gasteiger partial charge in [0.25, 0.3) is 0 Å². The molecule has 0 saturated carbocycles. The minimum absolute atomic E-state index is 0.0492. The van der Waals surface area contributed by atoms with Gasteiger partial charge in [-0.3, -0.25) is 0 Å². The molecule has 0 aromatic carbocycles. The summed E-state index contributed by atoms with van der Waals surface area (Å²) >= 11 is 0. The lowest BCUT2D eigenvalue weighted by Crippen LogP contribution is -2.25. The van der Waals surface area contributed by atoms with Gasteiger partial charge in [0.2, 0.25) is 19.1 Å². The molecule has 0 heterocycles. The molecular weight excluding hydrogens is 250 g/mol. The molecule has 0 saturated heterocycles. The van der Waals surface area contributed by atoms with Crippen molar-refractivity contribution in [1.82, 2.24) is 4.31 Å². The van der Waals surface area contributed by atoms with Crippen LogP contribution in [-0.4, -0.2) is 46.7 Å². The van der Waals surface area contributed by atoms with E-state index in [2.05, 4.69) is 0 Å². The molecule has 8 heteroatoms. The van der Waals surface area contributed by atoms with E-state index in [4.69, 9.17) is 10.7 Å². The maximum absolute atomic E-state index is 11.2. The van der Waals surface area contributed by atoms with Crippen molar-refractivity contribution in [3.05, 3.63) is 0 Å². The molecule has 0 bridgehead atoms. The quantitative estimate of drug-likeness (QED) is 0.508. The minimum atomic E-state index is -3.50. The van der Waals surface area contributed by atoms with Crippen molar-refractivity contribution in [2.24, 2.45) is 0 Å². The van der Waals surface area contributed by atoms with Gasteiger partial charge in [0, 0.05) is 24.8 Å². The van der Waals surface area contributed by atoms with Crippen molar-refractivity contribution in [2.75, 3.05) is 25.6 Å². The number of unbranched alkanes of at least 4 members (excludes halogenated alkanes) is 1. The van der Waals surface area contributed by atoms with Crippen LogP contribution in [0.2, 0.25) is 0 Å². The Labute approximate surface area is 89.5 Å². The smallest absolute Gasteiger partial charge is 0.212 e. The number of sulfonamides is 1. The summed E-state index contributed by atoms with van der Waals surface area (Å²) in [5.41, 5.74) is 0. The van der Waals surface area contributed by atoms with Crippen molar-refractivity contribution in [3.8, 4) is 0 Å². The summed E-state index contributed by atoms with van der Waals surface area (Å²) in [6.07, 6.45) is 0.561. The minimum Gasteiger partial charge on any atom is -0.212 e. The van der Waals surface area contributed by atoms with Gasteiger partial charge in [-0.25, -0.2) is 21.1 Å². The summed E-state index contributed by atoms with van der Waals surface area (Å²) in [6, 6.07) is 0. The second-order valence-corrected chi connectivity index (χ2v) is 8.25. The molecule has 0 unspecified atom stereocenters. The van der Waals surface area contributed by atoms with Crippen LogP contribution in [0.3, 0.4) is 0 Å². The zero-order chi connectivity index (χ0) is 11.4. The van der Waals surface area contributed by atoms with Crippen LogP contribution in [0.25, 0.3) is 0 Å². The van der Waals surface area contributed by atoms with Crippen LogP contribution < -0.4 is 0 Å². The monoisotopic (exact) mass is 263 g/mol. The largest absolute Gasteiger partial charge is 0.232 e. The van der Waals surface area contributed by atoms with Gasteiger partial charge in [-0.1, -0.05) is 0 Å². The van der Waals surface area contributed by atoms with E-state index >= 15 is 0 Å². The van der Waals surface area contributed by atoms with Crippen molar-refractivity contribution >= 4 is 29.8 Å². The molecule has 0 aliphatic heterocycles. The average Bonchev–Trinajstić information content (AvgIpc) is 1.96. The molecule has 0 radical (unpaired) electrons. The lowest BCUT2D eigenvalue weighted by molar-refractivity contribution is 0.517. The Morgan fingerprint density at radius 1 is 1.00 bits per heavy atom. The van der Waals surface area contributed by atoms with E-state index < -0.39 is 19.1 Å². The van der Waals surface area contributed by atoms with Gasteiger partial charge in [0.05, 0.1) is 11.5 Å². The maximum Gasteiger partial charge on any atom is 0.232 e. The van der Waals surface area contributed by atoms with E-state index in [1.807, 2.05) is 0 Å². The van der Waals surface area contributed by atoms with Gasteiger partial charge < -0.3 is 0 Å². The molecule has 14 heavy (non-hydrogen) atoms. The third-order valence-electron chi connectivity index (χ3n) is 1.60. The van der Waals surface area contributed by atoms with E-state index in [0.29, 0.717) is 6.42 Å². The van der Waals surface area contributed by atoms with Crippen LogP contribution in [0.15, 0.2) is 0 Å². The van der Waals surface area contributed by atoms with Crippen LogP contribution in [0.1, 0.15) is 12.8 Å². The number of halogens is 1. The summed E-state index contributed by atoms with van der Waals surface area (Å²) in [4.78, 5) is 0. The molecule has 0 aliphatic rings. The molecule has 86 valence electrons. The van der Waals surface area contributed by atoms with E-state index in [9.17, 15) is 16.8 Å². The normalized spacial score (nSPS) is 13.4. The fourth-order valence-corrected chi connectivity index (χ4v) is 2.55. The SMILES string of the molecule is CN(C)S(=O)(=O)CCCCS(=O)(=O)Cl. The fraction of sp³-hybridized carbons (Fsp3) is 1.00. The van der Waals surface area contributed by atoms with Gasteiger partial charge in [-0.2, -0.15) is 0 Å². The van der Waals surface area contributed by atoms with Gasteiger partial charge >= 0.3 is 0 Å². The Bertz CT molecular complexity index is 359. The van der Waals surface area contributed by atoms with Crippen molar-refractivity contribution in [3.63, 3.8) is 0 Å². The highest BCUT2D eigenvalue weighted by molar-refractivity contribution is 8.13. The van der Waals surface area contributed by atoms with Gasteiger partial charge in [-0.05, 0) is 12.8 Å². The Kier molecular flexibility index (Phi) is 5.35. The second-order valence-electron chi connectivity index (χ2n) is 3.05. The molecule has 0 N–H and O–H groups in total. The molecule has 0 aromatic rings. The Morgan fingerprint density at radius 2 is 1.43 bits per heavy atom. The van der Waals surface area contributed by atoms with Crippen molar-refractivity contribution in [1.29, 1.82) is 0 Å². The summed E-state index contributed by atoms with van der Waals surface area (Å²) < 4.78 is 44.5. The number of hydrogen-bond acceptors (Lipinski definition) is 4. The average molecular weight is 264 g/mol. The summed E-state index contributed by atoms with van der Waals surface area (Å²) in [5, 5.41) is 0. The van der Waals surface area contributed by atoms with E-state index in [1.165, 1.54) is 14.1 Å². The highest BCUT2D eigenvalue weighted by Crippen LogP contribution is 2.04. The zero-order valence-corrected chi connectivity index (χ0v) is 10.5. The second kappa shape index (κ2) is 5.29. The Hall–Kier alpha value is 0.150. The lowest BCUT2D eigenvalue weighted by Gasteiger charge is -2.10. The summed E-state index contributed by atoms with van der Waals surface area (Å²) in [7, 11) is 1.12. The standard InChI is InChI=1S/C6H14ClNO4S2/c1-8(2)14(11,12)6-4-3-5-13(7,9)10/h3-6H2,1-2H3. The molecule has 0 atom stereocenters. The molecule has 5 nitrogen and oxygen atoms in total.